The van der Waals surface area contributed by atoms with Crippen molar-refractivity contribution < 1.29 is 19.2 Å². The number of fused-ring (bicyclic) bond motifs is 1. The van der Waals surface area contributed by atoms with Crippen LogP contribution >= 0.6 is 11.6 Å². The Labute approximate surface area is 181 Å². The first-order valence-electron chi connectivity index (χ1n) is 10.1. The van der Waals surface area contributed by atoms with Gasteiger partial charge in [0.1, 0.15) is 6.04 Å². The third kappa shape index (κ3) is 4.56. The van der Waals surface area contributed by atoms with Gasteiger partial charge in [-0.3, -0.25) is 24.1 Å². The third-order valence-electron chi connectivity index (χ3n) is 5.83. The molecular weight excluding hydrogens is 406 g/mol. The number of amides is 4. The monoisotopic (exact) mass is 431 g/mol. The fourth-order valence-corrected chi connectivity index (χ4v) is 4.14. The first kappa shape index (κ1) is 22.0. The van der Waals surface area contributed by atoms with Crippen LogP contribution in [0.5, 0.6) is 0 Å². The Kier molecular flexibility index (Phi) is 6.92. The van der Waals surface area contributed by atoms with Gasteiger partial charge in [-0.05, 0) is 37.5 Å². The number of halogens is 1. The van der Waals surface area contributed by atoms with Crippen molar-refractivity contribution in [1.82, 2.24) is 15.1 Å². The molecule has 0 bridgehead atoms. The van der Waals surface area contributed by atoms with Crippen molar-refractivity contribution in [2.24, 2.45) is 11.8 Å². The number of hydrogen-bond acceptors (Lipinski definition) is 4. The van der Waals surface area contributed by atoms with Gasteiger partial charge in [0.2, 0.25) is 23.6 Å². The number of allylic oxidation sites excluding steroid dienone is 2. The highest BCUT2D eigenvalue weighted by Crippen LogP contribution is 2.35. The molecule has 1 fully saturated rings. The second-order valence-corrected chi connectivity index (χ2v) is 8.11. The average molecular weight is 432 g/mol. The van der Waals surface area contributed by atoms with Gasteiger partial charge in [0.05, 0.1) is 11.8 Å². The second-order valence-electron chi connectivity index (χ2n) is 7.67. The maximum Gasteiger partial charge on any atom is 0.242 e. The maximum atomic E-state index is 13.0. The number of nitrogens with zero attached hydrogens (tertiary/aromatic N) is 2. The van der Waals surface area contributed by atoms with Crippen molar-refractivity contribution in [2.45, 2.75) is 38.8 Å². The molecule has 4 amide bonds. The van der Waals surface area contributed by atoms with Gasteiger partial charge in [-0.25, -0.2) is 0 Å². The smallest absolute Gasteiger partial charge is 0.242 e. The van der Waals surface area contributed by atoms with E-state index in [2.05, 4.69) is 5.32 Å². The number of hydrogen-bond donors (Lipinski definition) is 1. The van der Waals surface area contributed by atoms with Gasteiger partial charge in [-0.1, -0.05) is 35.9 Å². The molecule has 1 saturated heterocycles. The second kappa shape index (κ2) is 9.43. The van der Waals surface area contributed by atoms with Crippen LogP contribution in [-0.4, -0.2) is 53.1 Å². The van der Waals surface area contributed by atoms with E-state index >= 15 is 0 Å². The number of carbonyl (C=O) groups is 4. The van der Waals surface area contributed by atoms with Crippen molar-refractivity contribution in [3.8, 4) is 0 Å². The van der Waals surface area contributed by atoms with Crippen molar-refractivity contribution in [2.75, 3.05) is 13.6 Å². The average Bonchev–Trinajstić information content (AvgIpc) is 3.00. The van der Waals surface area contributed by atoms with E-state index in [1.807, 2.05) is 12.2 Å². The molecule has 0 saturated carbocycles. The summed E-state index contributed by atoms with van der Waals surface area (Å²) in [5.74, 6) is -1.62. The van der Waals surface area contributed by atoms with Crippen LogP contribution in [0.3, 0.4) is 0 Å². The van der Waals surface area contributed by atoms with Gasteiger partial charge < -0.3 is 10.2 Å². The molecule has 1 aliphatic heterocycles. The highest BCUT2D eigenvalue weighted by atomic mass is 35.5. The lowest BCUT2D eigenvalue weighted by Gasteiger charge is -2.29. The summed E-state index contributed by atoms with van der Waals surface area (Å²) >= 11 is 5.93. The number of rotatable bonds is 7. The Morgan fingerprint density at radius 2 is 1.70 bits per heavy atom. The van der Waals surface area contributed by atoms with Crippen molar-refractivity contribution >= 4 is 35.2 Å². The van der Waals surface area contributed by atoms with Crippen molar-refractivity contribution in [3.63, 3.8) is 0 Å². The van der Waals surface area contributed by atoms with Gasteiger partial charge in [0, 0.05) is 31.6 Å². The number of likely N-dealkylation sites (N-methyl/N-ethyl adjacent to an activating group) is 1. The summed E-state index contributed by atoms with van der Waals surface area (Å²) in [5.41, 5.74) is 0.828. The van der Waals surface area contributed by atoms with Gasteiger partial charge in [0.25, 0.3) is 0 Å². The molecule has 0 unspecified atom stereocenters. The predicted octanol–water partition coefficient (Wildman–Crippen LogP) is 2.14. The molecule has 1 aromatic rings. The van der Waals surface area contributed by atoms with E-state index in [4.69, 9.17) is 11.6 Å². The lowest BCUT2D eigenvalue weighted by atomic mass is 9.85. The van der Waals surface area contributed by atoms with Gasteiger partial charge in [0.15, 0.2) is 0 Å². The zero-order valence-electron chi connectivity index (χ0n) is 17.1. The van der Waals surface area contributed by atoms with E-state index in [0.717, 1.165) is 5.56 Å². The quantitative estimate of drug-likeness (QED) is 0.529. The Morgan fingerprint density at radius 1 is 1.13 bits per heavy atom. The van der Waals surface area contributed by atoms with Gasteiger partial charge in [-0.2, -0.15) is 0 Å². The van der Waals surface area contributed by atoms with E-state index in [9.17, 15) is 19.2 Å². The SMILES string of the molecule is CNC(=O)[C@@H](C)N(Cc1ccc(Cl)cc1)C(=O)CCN1C(=O)[C@H]2CC=CC[C@H]2C1=O. The van der Waals surface area contributed by atoms with Crippen LogP contribution in [0, 0.1) is 11.8 Å². The molecule has 3 rings (SSSR count). The summed E-state index contributed by atoms with van der Waals surface area (Å²) in [4.78, 5) is 53.1. The Hall–Kier alpha value is -2.67. The summed E-state index contributed by atoms with van der Waals surface area (Å²) in [6.45, 7) is 1.90. The van der Waals surface area contributed by atoms with Crippen LogP contribution in [0.25, 0.3) is 0 Å². The fourth-order valence-electron chi connectivity index (χ4n) is 4.02. The zero-order chi connectivity index (χ0) is 21.8. The summed E-state index contributed by atoms with van der Waals surface area (Å²) in [5, 5.41) is 3.14. The Morgan fingerprint density at radius 3 is 2.23 bits per heavy atom. The number of carbonyl (C=O) groups excluding carboxylic acids is 4. The largest absolute Gasteiger partial charge is 0.357 e. The van der Waals surface area contributed by atoms with Crippen LogP contribution < -0.4 is 5.32 Å². The third-order valence-corrected chi connectivity index (χ3v) is 6.08. The molecule has 30 heavy (non-hydrogen) atoms. The highest BCUT2D eigenvalue weighted by molar-refractivity contribution is 6.30. The number of benzene rings is 1. The molecule has 7 nitrogen and oxygen atoms in total. The zero-order valence-corrected chi connectivity index (χ0v) is 17.9. The van der Waals surface area contributed by atoms with E-state index in [0.29, 0.717) is 17.9 Å². The van der Waals surface area contributed by atoms with Crippen LogP contribution in [0.2, 0.25) is 5.02 Å². The number of nitrogens with one attached hydrogen (secondary N) is 1. The summed E-state index contributed by atoms with van der Waals surface area (Å²) in [7, 11) is 1.52. The molecule has 8 heteroatoms. The molecule has 2 aliphatic rings. The normalized spacial score (nSPS) is 21.4. The van der Waals surface area contributed by atoms with Gasteiger partial charge >= 0.3 is 0 Å². The van der Waals surface area contributed by atoms with E-state index in [1.54, 1.807) is 31.2 Å². The molecule has 0 aromatic heterocycles. The topological polar surface area (TPSA) is 86.8 Å². The van der Waals surface area contributed by atoms with E-state index in [-0.39, 0.29) is 55.0 Å². The molecule has 160 valence electrons. The van der Waals surface area contributed by atoms with Gasteiger partial charge in [-0.15, -0.1) is 0 Å². The van der Waals surface area contributed by atoms with Crippen LogP contribution in [0.1, 0.15) is 31.7 Å². The fraction of sp³-hybridized carbons (Fsp3) is 0.455. The highest BCUT2D eigenvalue weighted by Gasteiger charge is 2.47. The Bertz CT molecular complexity index is 842. The lowest BCUT2D eigenvalue weighted by molar-refractivity contribution is -0.143. The molecule has 0 radical (unpaired) electrons. The summed E-state index contributed by atoms with van der Waals surface area (Å²) < 4.78 is 0. The minimum absolute atomic E-state index is 0.0285. The number of imide groups is 1. The van der Waals surface area contributed by atoms with Crippen LogP contribution in [0.15, 0.2) is 36.4 Å². The molecule has 1 N–H and O–H groups in total. The molecule has 1 heterocycles. The molecular formula is C22H26ClN3O4. The first-order chi connectivity index (χ1) is 14.3. The summed E-state index contributed by atoms with van der Waals surface area (Å²) in [6, 6.07) is 6.34. The van der Waals surface area contributed by atoms with Crippen LogP contribution in [0.4, 0.5) is 0 Å². The van der Waals surface area contributed by atoms with E-state index < -0.39 is 6.04 Å². The van der Waals surface area contributed by atoms with Crippen LogP contribution in [-0.2, 0) is 25.7 Å². The van der Waals surface area contributed by atoms with Crippen molar-refractivity contribution in [1.29, 1.82) is 0 Å². The van der Waals surface area contributed by atoms with E-state index in [1.165, 1.54) is 16.8 Å². The molecule has 3 atom stereocenters. The molecule has 1 aromatic carbocycles. The molecule has 1 aliphatic carbocycles. The summed E-state index contributed by atoms with van der Waals surface area (Å²) in [6.07, 6.45) is 4.96. The first-order valence-corrected chi connectivity index (χ1v) is 10.5. The maximum absolute atomic E-state index is 13.0. The Balaban J connectivity index is 1.69. The number of likely N-dealkylation sites (tertiary alicyclic amines) is 1. The standard InChI is InChI=1S/C22H26ClN3O4/c1-14(20(28)24-2)26(13-15-7-9-16(23)10-8-15)19(27)11-12-25-21(29)17-5-3-4-6-18(17)22(25)30/h3-4,7-10,14,17-18H,5-6,11-13H2,1-2H3,(H,24,28)/t14-,17-,18+/m1/s1. The minimum Gasteiger partial charge on any atom is -0.357 e. The van der Waals surface area contributed by atoms with Crippen molar-refractivity contribution in [3.05, 3.63) is 47.0 Å². The lowest BCUT2D eigenvalue weighted by Crippen LogP contribution is -2.47. The minimum atomic E-state index is -0.699. The predicted molar refractivity (Wildman–Crippen MR) is 112 cm³/mol. The molecule has 0 spiro atoms.